The third-order valence-electron chi connectivity index (χ3n) is 3.35. The van der Waals surface area contributed by atoms with Crippen molar-refractivity contribution in [2.75, 3.05) is 13.6 Å². The quantitative estimate of drug-likeness (QED) is 0.699. The maximum atomic E-state index is 11.9. The van der Waals surface area contributed by atoms with Gasteiger partial charge in [0.15, 0.2) is 0 Å². The Morgan fingerprint density at radius 3 is 2.45 bits per heavy atom. The molecule has 0 aromatic rings. The van der Waals surface area contributed by atoms with Crippen molar-refractivity contribution in [1.82, 2.24) is 15.5 Å². The van der Waals surface area contributed by atoms with Crippen LogP contribution in [0.2, 0.25) is 0 Å². The summed E-state index contributed by atoms with van der Waals surface area (Å²) in [6, 6.07) is -1.63. The topological polar surface area (TPSA) is 98.7 Å². The van der Waals surface area contributed by atoms with Crippen LogP contribution >= 0.6 is 0 Å². The van der Waals surface area contributed by atoms with Gasteiger partial charge in [0.2, 0.25) is 5.91 Å². The summed E-state index contributed by atoms with van der Waals surface area (Å²) >= 11 is 0. The number of carboxylic acids is 1. The molecule has 1 heterocycles. The minimum atomic E-state index is -1.07. The van der Waals surface area contributed by atoms with Crippen LogP contribution in [0, 0.1) is 5.41 Å². The zero-order valence-electron chi connectivity index (χ0n) is 12.4. The lowest BCUT2D eigenvalue weighted by Crippen LogP contribution is -2.56. The second kappa shape index (κ2) is 6.11. The number of nitrogens with one attached hydrogen (secondary N) is 2. The fourth-order valence-corrected chi connectivity index (χ4v) is 2.14. The highest BCUT2D eigenvalue weighted by Gasteiger charge is 2.33. The van der Waals surface area contributed by atoms with Crippen molar-refractivity contribution in [2.45, 2.75) is 45.7 Å². The second-order valence-corrected chi connectivity index (χ2v) is 6.26. The molecule has 2 unspecified atom stereocenters. The largest absolute Gasteiger partial charge is 0.480 e. The number of urea groups is 1. The third kappa shape index (κ3) is 4.40. The first-order valence-electron chi connectivity index (χ1n) is 6.65. The van der Waals surface area contributed by atoms with E-state index in [0.29, 0.717) is 19.4 Å². The minimum absolute atomic E-state index is 0.0570. The van der Waals surface area contributed by atoms with E-state index < -0.39 is 23.5 Å². The Morgan fingerprint density at radius 2 is 2.00 bits per heavy atom. The SMILES string of the molecule is CN1CC(NC(=O)NC(C(=O)O)C(C)(C)C)CCC1=O. The number of amides is 3. The van der Waals surface area contributed by atoms with Gasteiger partial charge in [-0.05, 0) is 11.8 Å². The fourth-order valence-electron chi connectivity index (χ4n) is 2.14. The van der Waals surface area contributed by atoms with Gasteiger partial charge < -0.3 is 20.6 Å². The lowest BCUT2D eigenvalue weighted by atomic mass is 9.87. The molecule has 0 aromatic heterocycles. The molecule has 1 rings (SSSR count). The van der Waals surface area contributed by atoms with Crippen LogP contribution in [0.25, 0.3) is 0 Å². The molecule has 7 heteroatoms. The van der Waals surface area contributed by atoms with Crippen LogP contribution in [0.3, 0.4) is 0 Å². The Labute approximate surface area is 118 Å². The van der Waals surface area contributed by atoms with E-state index in [2.05, 4.69) is 10.6 Å². The van der Waals surface area contributed by atoms with Crippen molar-refractivity contribution in [3.63, 3.8) is 0 Å². The predicted molar refractivity (Wildman–Crippen MR) is 73.2 cm³/mol. The first-order chi connectivity index (χ1) is 9.11. The number of rotatable bonds is 3. The maximum absolute atomic E-state index is 11.9. The number of aliphatic carboxylic acids is 1. The van der Waals surface area contributed by atoms with Crippen LogP contribution in [0.15, 0.2) is 0 Å². The minimum Gasteiger partial charge on any atom is -0.480 e. The van der Waals surface area contributed by atoms with Gasteiger partial charge >= 0.3 is 12.0 Å². The van der Waals surface area contributed by atoms with E-state index in [1.54, 1.807) is 32.7 Å². The predicted octanol–water partition coefficient (Wildman–Crippen LogP) is 0.406. The van der Waals surface area contributed by atoms with Gasteiger partial charge in [-0.2, -0.15) is 0 Å². The van der Waals surface area contributed by atoms with E-state index in [-0.39, 0.29) is 11.9 Å². The summed E-state index contributed by atoms with van der Waals surface area (Å²) in [6.07, 6.45) is 0.965. The summed E-state index contributed by atoms with van der Waals surface area (Å²) in [6.45, 7) is 5.69. The first kappa shape index (κ1) is 16.3. The fraction of sp³-hybridized carbons (Fsp3) is 0.769. The van der Waals surface area contributed by atoms with Crippen molar-refractivity contribution in [2.24, 2.45) is 5.41 Å². The molecule has 2 atom stereocenters. The number of likely N-dealkylation sites (N-methyl/N-ethyl adjacent to an activating group) is 1. The van der Waals surface area contributed by atoms with Crippen LogP contribution < -0.4 is 10.6 Å². The summed E-state index contributed by atoms with van der Waals surface area (Å²) in [5.74, 6) is -1.01. The van der Waals surface area contributed by atoms with Crippen LogP contribution in [0.5, 0.6) is 0 Å². The highest BCUT2D eigenvalue weighted by molar-refractivity contribution is 5.83. The molecule has 0 saturated carbocycles. The average Bonchev–Trinajstić information content (AvgIpc) is 2.29. The van der Waals surface area contributed by atoms with Gasteiger partial charge in [-0.1, -0.05) is 20.8 Å². The molecule has 1 aliphatic rings. The van der Waals surface area contributed by atoms with Gasteiger partial charge in [0.05, 0.1) is 0 Å². The van der Waals surface area contributed by atoms with Gasteiger partial charge in [-0.3, -0.25) is 4.79 Å². The van der Waals surface area contributed by atoms with E-state index >= 15 is 0 Å². The molecule has 0 spiro atoms. The maximum Gasteiger partial charge on any atom is 0.326 e. The van der Waals surface area contributed by atoms with Crippen molar-refractivity contribution >= 4 is 17.9 Å². The number of carboxylic acid groups (broad SMARTS) is 1. The average molecular weight is 285 g/mol. The summed E-state index contributed by atoms with van der Waals surface area (Å²) in [5, 5.41) is 14.3. The number of carbonyl (C=O) groups is 3. The van der Waals surface area contributed by atoms with Gasteiger partial charge in [0.1, 0.15) is 6.04 Å². The Morgan fingerprint density at radius 1 is 1.40 bits per heavy atom. The van der Waals surface area contributed by atoms with E-state index in [1.807, 2.05) is 0 Å². The standard InChI is InChI=1S/C13H23N3O4/c1-13(2,3)10(11(18)19)15-12(20)14-8-5-6-9(17)16(4)7-8/h8,10H,5-7H2,1-4H3,(H,18,19)(H2,14,15,20). The van der Waals surface area contributed by atoms with Gasteiger partial charge in [-0.15, -0.1) is 0 Å². The molecule has 7 nitrogen and oxygen atoms in total. The van der Waals surface area contributed by atoms with Crippen molar-refractivity contribution in [1.29, 1.82) is 0 Å². The van der Waals surface area contributed by atoms with E-state index in [9.17, 15) is 14.4 Å². The van der Waals surface area contributed by atoms with Crippen LogP contribution in [-0.2, 0) is 9.59 Å². The Hall–Kier alpha value is -1.79. The summed E-state index contributed by atoms with van der Waals surface area (Å²) in [7, 11) is 1.68. The molecule has 3 amide bonds. The second-order valence-electron chi connectivity index (χ2n) is 6.26. The molecule has 0 bridgehead atoms. The number of carbonyl (C=O) groups excluding carboxylic acids is 2. The molecule has 3 N–H and O–H groups in total. The van der Waals surface area contributed by atoms with E-state index in [0.717, 1.165) is 0 Å². The molecule has 0 aliphatic carbocycles. The summed E-state index contributed by atoms with van der Waals surface area (Å²) in [5.41, 5.74) is -0.581. The van der Waals surface area contributed by atoms with Crippen LogP contribution in [-0.4, -0.2) is 53.6 Å². The van der Waals surface area contributed by atoms with Crippen molar-refractivity contribution in [3.8, 4) is 0 Å². The van der Waals surface area contributed by atoms with Gasteiger partial charge in [-0.25, -0.2) is 9.59 Å². The lowest BCUT2D eigenvalue weighted by molar-refractivity contribution is -0.141. The molecule has 1 saturated heterocycles. The number of hydrogen-bond acceptors (Lipinski definition) is 3. The third-order valence-corrected chi connectivity index (χ3v) is 3.35. The van der Waals surface area contributed by atoms with E-state index in [4.69, 9.17) is 5.11 Å². The monoisotopic (exact) mass is 285 g/mol. The highest BCUT2D eigenvalue weighted by Crippen LogP contribution is 2.19. The van der Waals surface area contributed by atoms with E-state index in [1.165, 1.54) is 0 Å². The zero-order valence-corrected chi connectivity index (χ0v) is 12.4. The summed E-state index contributed by atoms with van der Waals surface area (Å²) < 4.78 is 0. The van der Waals surface area contributed by atoms with Crippen LogP contribution in [0.4, 0.5) is 4.79 Å². The lowest BCUT2D eigenvalue weighted by Gasteiger charge is -2.32. The summed E-state index contributed by atoms with van der Waals surface area (Å²) in [4.78, 5) is 36.0. The smallest absolute Gasteiger partial charge is 0.326 e. The molecule has 1 fully saturated rings. The molecule has 0 radical (unpaired) electrons. The Kier molecular flexibility index (Phi) is 4.97. The molecular formula is C13H23N3O4. The van der Waals surface area contributed by atoms with Crippen molar-refractivity contribution < 1.29 is 19.5 Å². The molecular weight excluding hydrogens is 262 g/mol. The number of piperidine rings is 1. The first-order valence-corrected chi connectivity index (χ1v) is 6.65. The molecule has 1 aliphatic heterocycles. The highest BCUT2D eigenvalue weighted by atomic mass is 16.4. The molecule has 20 heavy (non-hydrogen) atoms. The Balaban J connectivity index is 2.55. The normalized spacial score (nSPS) is 21.3. The number of likely N-dealkylation sites (tertiary alicyclic amines) is 1. The van der Waals surface area contributed by atoms with Crippen molar-refractivity contribution in [3.05, 3.63) is 0 Å². The van der Waals surface area contributed by atoms with Gasteiger partial charge in [0.25, 0.3) is 0 Å². The number of nitrogens with zero attached hydrogens (tertiary/aromatic N) is 1. The van der Waals surface area contributed by atoms with Crippen LogP contribution in [0.1, 0.15) is 33.6 Å². The zero-order chi connectivity index (χ0) is 15.5. The Bertz CT molecular complexity index is 403. The molecule has 114 valence electrons. The number of hydrogen-bond donors (Lipinski definition) is 3. The molecule has 0 aromatic carbocycles. The van der Waals surface area contributed by atoms with Gasteiger partial charge in [0, 0.05) is 26.1 Å².